The number of rotatable bonds is 2. The van der Waals surface area contributed by atoms with Crippen molar-refractivity contribution in [3.8, 4) is 0 Å². The molecule has 1 saturated heterocycles. The highest BCUT2D eigenvalue weighted by atomic mass is 32.3. The molecule has 0 aromatic heterocycles. The van der Waals surface area contributed by atoms with Gasteiger partial charge in [-0.1, -0.05) is 19.4 Å². The van der Waals surface area contributed by atoms with Crippen LogP contribution >= 0.6 is 10.6 Å². The van der Waals surface area contributed by atoms with Gasteiger partial charge in [-0.25, -0.2) is 0 Å². The molecule has 0 spiro atoms. The monoisotopic (exact) mass is 231 g/mol. The number of piperidine rings is 1. The molecule has 2 atom stereocenters. The van der Waals surface area contributed by atoms with Gasteiger partial charge in [-0.15, -0.1) is 0 Å². The largest absolute Gasteiger partial charge is 0.295 e. The summed E-state index contributed by atoms with van der Waals surface area (Å²) in [6.45, 7) is 3.34. The van der Waals surface area contributed by atoms with Crippen molar-refractivity contribution in [3.05, 3.63) is 11.5 Å². The van der Waals surface area contributed by atoms with Crippen LogP contribution in [-0.4, -0.2) is 38.4 Å². The second kappa shape index (κ2) is 4.45. The van der Waals surface area contributed by atoms with Crippen molar-refractivity contribution in [3.63, 3.8) is 0 Å². The van der Waals surface area contributed by atoms with Crippen molar-refractivity contribution in [2.45, 2.75) is 44.7 Å². The quantitative estimate of drug-likeness (QED) is 0.768. The summed E-state index contributed by atoms with van der Waals surface area (Å²) in [5, 5.41) is 1.61. The number of likely N-dealkylation sites (tertiary alicyclic amines) is 1. The molecule has 0 bridgehead atoms. The zero-order chi connectivity index (χ0) is 10.9. The molecule has 2 N–H and O–H groups in total. The number of hydrogen-bond donors (Lipinski definition) is 2. The fourth-order valence-electron chi connectivity index (χ4n) is 2.68. The molecule has 2 rings (SSSR count). The van der Waals surface area contributed by atoms with Crippen molar-refractivity contribution in [1.82, 2.24) is 4.90 Å². The Morgan fingerprint density at radius 2 is 2.20 bits per heavy atom. The highest BCUT2D eigenvalue weighted by molar-refractivity contribution is 8.27. The van der Waals surface area contributed by atoms with Gasteiger partial charge >= 0.3 is 0 Å². The fraction of sp³-hybridized carbons (Fsp3) is 0.818. The van der Waals surface area contributed by atoms with Gasteiger partial charge in [-0.2, -0.15) is 10.6 Å². The minimum Gasteiger partial charge on any atom is -0.295 e. The summed E-state index contributed by atoms with van der Waals surface area (Å²) in [6.07, 6.45) is 6.99. The molecule has 15 heavy (non-hydrogen) atoms. The Labute approximate surface area is 93.5 Å². The molecule has 3 nitrogen and oxygen atoms in total. The molecule has 88 valence electrons. The maximum atomic E-state index is 9.58. The molecule has 1 fully saturated rings. The van der Waals surface area contributed by atoms with Crippen molar-refractivity contribution in [2.24, 2.45) is 0 Å². The molecule has 4 heteroatoms. The summed E-state index contributed by atoms with van der Waals surface area (Å²) in [4.78, 5) is 2.46. The first-order valence-electron chi connectivity index (χ1n) is 5.82. The first kappa shape index (κ1) is 11.5. The third-order valence-corrected chi connectivity index (χ3v) is 4.93. The van der Waals surface area contributed by atoms with E-state index in [4.69, 9.17) is 0 Å². The van der Waals surface area contributed by atoms with E-state index in [1.165, 1.54) is 25.7 Å². The SMILES string of the molecule is CCC1CCCCN1C1C=CS(O)(O)C1. The first-order chi connectivity index (χ1) is 7.12. The molecule has 0 radical (unpaired) electrons. The molecule has 2 unspecified atom stereocenters. The van der Waals surface area contributed by atoms with Crippen molar-refractivity contribution < 1.29 is 9.11 Å². The summed E-state index contributed by atoms with van der Waals surface area (Å²) in [6, 6.07) is 0.905. The molecule has 0 aromatic carbocycles. The Hall–Kier alpha value is -0.0300. The van der Waals surface area contributed by atoms with Gasteiger partial charge in [-0.05, 0) is 25.8 Å². The Balaban J connectivity index is 2.00. The maximum absolute atomic E-state index is 9.58. The van der Waals surface area contributed by atoms with Crippen LogP contribution < -0.4 is 0 Å². The average Bonchev–Trinajstić information content (AvgIpc) is 2.59. The van der Waals surface area contributed by atoms with E-state index in [2.05, 4.69) is 11.8 Å². The van der Waals surface area contributed by atoms with E-state index in [0.29, 0.717) is 11.8 Å². The highest BCUT2D eigenvalue weighted by Gasteiger charge is 2.32. The minimum atomic E-state index is -2.40. The summed E-state index contributed by atoms with van der Waals surface area (Å²) < 4.78 is 19.2. The predicted molar refractivity (Wildman–Crippen MR) is 65.3 cm³/mol. The van der Waals surface area contributed by atoms with Gasteiger partial charge in [0.1, 0.15) is 0 Å². The summed E-state index contributed by atoms with van der Waals surface area (Å²) in [5.41, 5.74) is 0. The van der Waals surface area contributed by atoms with Crippen LogP contribution in [0.5, 0.6) is 0 Å². The third kappa shape index (κ3) is 2.56. The minimum absolute atomic E-state index is 0.264. The normalized spacial score (nSPS) is 38.1. The summed E-state index contributed by atoms with van der Waals surface area (Å²) in [5.74, 6) is 0.517. The predicted octanol–water partition coefficient (Wildman–Crippen LogP) is 2.90. The van der Waals surface area contributed by atoms with E-state index in [1.807, 2.05) is 6.08 Å². The zero-order valence-electron chi connectivity index (χ0n) is 9.30. The van der Waals surface area contributed by atoms with Gasteiger partial charge in [0.05, 0.1) is 5.75 Å². The molecule has 0 aromatic rings. The van der Waals surface area contributed by atoms with Crippen LogP contribution in [0.25, 0.3) is 0 Å². The lowest BCUT2D eigenvalue weighted by Crippen LogP contribution is -2.46. The van der Waals surface area contributed by atoms with E-state index >= 15 is 0 Å². The second-order valence-corrected chi connectivity index (χ2v) is 6.62. The van der Waals surface area contributed by atoms with E-state index in [1.54, 1.807) is 5.41 Å². The van der Waals surface area contributed by atoms with E-state index in [-0.39, 0.29) is 6.04 Å². The summed E-state index contributed by atoms with van der Waals surface area (Å²) in [7, 11) is -2.40. The van der Waals surface area contributed by atoms with E-state index in [0.717, 1.165) is 6.54 Å². The lowest BCUT2D eigenvalue weighted by Gasteiger charge is -2.40. The Morgan fingerprint density at radius 1 is 1.40 bits per heavy atom. The zero-order valence-corrected chi connectivity index (χ0v) is 10.1. The molecular formula is C11H21NO2S. The molecule has 2 aliphatic rings. The average molecular weight is 231 g/mol. The van der Waals surface area contributed by atoms with Crippen molar-refractivity contribution in [1.29, 1.82) is 0 Å². The smallest absolute Gasteiger partial charge is 0.0610 e. The van der Waals surface area contributed by atoms with Gasteiger partial charge in [0.25, 0.3) is 0 Å². The fourth-order valence-corrected chi connectivity index (χ4v) is 4.03. The number of hydrogen-bond acceptors (Lipinski definition) is 3. The van der Waals surface area contributed by atoms with Gasteiger partial charge < -0.3 is 0 Å². The molecule has 2 aliphatic heterocycles. The van der Waals surface area contributed by atoms with Crippen molar-refractivity contribution in [2.75, 3.05) is 12.3 Å². The van der Waals surface area contributed by atoms with Crippen LogP contribution in [0.4, 0.5) is 0 Å². The maximum Gasteiger partial charge on any atom is 0.0610 e. The van der Waals surface area contributed by atoms with Gasteiger partial charge in [0.15, 0.2) is 0 Å². The van der Waals surface area contributed by atoms with Gasteiger partial charge in [0.2, 0.25) is 0 Å². The van der Waals surface area contributed by atoms with Crippen LogP contribution in [0.2, 0.25) is 0 Å². The van der Waals surface area contributed by atoms with Gasteiger partial charge in [-0.3, -0.25) is 14.0 Å². The standard InChI is InChI=1S/C11H21NO2S/c1-2-10-5-3-4-7-12(10)11-6-8-15(13,14)9-11/h6,8,10-11,13-14H,2-5,7,9H2,1H3. The number of nitrogens with zero attached hydrogens (tertiary/aromatic N) is 1. The van der Waals surface area contributed by atoms with E-state index < -0.39 is 10.6 Å². The molecular weight excluding hydrogens is 210 g/mol. The Morgan fingerprint density at radius 3 is 2.80 bits per heavy atom. The second-order valence-electron chi connectivity index (χ2n) is 4.58. The van der Waals surface area contributed by atoms with Gasteiger partial charge in [0, 0.05) is 17.5 Å². The van der Waals surface area contributed by atoms with Crippen LogP contribution in [0.15, 0.2) is 11.5 Å². The van der Waals surface area contributed by atoms with Crippen LogP contribution in [0.3, 0.4) is 0 Å². The lowest BCUT2D eigenvalue weighted by molar-refractivity contribution is 0.123. The van der Waals surface area contributed by atoms with Crippen LogP contribution in [0, 0.1) is 0 Å². The first-order valence-corrected chi connectivity index (χ1v) is 7.60. The molecule has 0 saturated carbocycles. The Kier molecular flexibility index (Phi) is 3.40. The van der Waals surface area contributed by atoms with Crippen molar-refractivity contribution >= 4 is 10.6 Å². The molecule has 2 heterocycles. The van der Waals surface area contributed by atoms with E-state index in [9.17, 15) is 9.11 Å². The summed E-state index contributed by atoms with van der Waals surface area (Å²) >= 11 is 0. The van der Waals surface area contributed by atoms with Crippen LogP contribution in [-0.2, 0) is 0 Å². The topological polar surface area (TPSA) is 43.7 Å². The van der Waals surface area contributed by atoms with Crippen LogP contribution in [0.1, 0.15) is 32.6 Å². The molecule has 0 aliphatic carbocycles. The Bertz CT molecular complexity index is 255. The lowest BCUT2D eigenvalue weighted by atomic mass is 9.98. The highest BCUT2D eigenvalue weighted by Crippen LogP contribution is 2.47. The third-order valence-electron chi connectivity index (χ3n) is 3.50. The molecule has 0 amide bonds.